The molecule has 100 valence electrons. The second-order valence-corrected chi connectivity index (χ2v) is 5.53. The van der Waals surface area contributed by atoms with E-state index < -0.39 is 0 Å². The highest BCUT2D eigenvalue weighted by Gasteiger charge is 2.16. The first kappa shape index (κ1) is 14.4. The highest BCUT2D eigenvalue weighted by Crippen LogP contribution is 2.30. The predicted octanol–water partition coefficient (Wildman–Crippen LogP) is 4.16. The molecule has 1 unspecified atom stereocenters. The molecule has 0 aromatic heterocycles. The van der Waals surface area contributed by atoms with Crippen molar-refractivity contribution >= 4 is 23.2 Å². The van der Waals surface area contributed by atoms with Crippen molar-refractivity contribution in [1.29, 1.82) is 0 Å². The lowest BCUT2D eigenvalue weighted by molar-refractivity contribution is 0.636. The number of hydrogen-bond acceptors (Lipinski definition) is 2. The van der Waals surface area contributed by atoms with Crippen LogP contribution in [0.1, 0.15) is 28.3 Å². The molecule has 0 aliphatic heterocycles. The molecule has 0 saturated heterocycles. The van der Waals surface area contributed by atoms with E-state index in [0.717, 1.165) is 11.1 Å². The monoisotopic (exact) mass is 294 g/mol. The molecule has 0 radical (unpaired) electrons. The third-order valence-electron chi connectivity index (χ3n) is 3.02. The van der Waals surface area contributed by atoms with Gasteiger partial charge in [0, 0.05) is 10.0 Å². The van der Waals surface area contributed by atoms with Gasteiger partial charge in [-0.15, -0.1) is 0 Å². The van der Waals surface area contributed by atoms with Crippen LogP contribution in [0, 0.1) is 13.8 Å². The zero-order chi connectivity index (χ0) is 14.0. The van der Waals surface area contributed by atoms with E-state index in [1.165, 1.54) is 11.1 Å². The highest BCUT2D eigenvalue weighted by molar-refractivity contribution is 6.35. The van der Waals surface area contributed by atoms with E-state index in [2.05, 4.69) is 37.5 Å². The Morgan fingerprint density at radius 2 is 1.63 bits per heavy atom. The number of aryl methyl sites for hydroxylation is 2. The number of rotatable bonds is 3. The molecule has 0 amide bonds. The van der Waals surface area contributed by atoms with Crippen molar-refractivity contribution in [2.45, 2.75) is 19.9 Å². The van der Waals surface area contributed by atoms with Gasteiger partial charge in [0.1, 0.15) is 0 Å². The number of benzene rings is 2. The van der Waals surface area contributed by atoms with Gasteiger partial charge in [0.2, 0.25) is 0 Å². The fraction of sp³-hybridized carbons (Fsp3) is 0.200. The molecule has 0 saturated carbocycles. The normalized spacial score (nSPS) is 12.5. The molecule has 0 spiro atoms. The Kier molecular flexibility index (Phi) is 4.48. The lowest BCUT2D eigenvalue weighted by Crippen LogP contribution is -2.29. The third-order valence-corrected chi connectivity index (χ3v) is 3.58. The van der Waals surface area contributed by atoms with E-state index in [0.29, 0.717) is 10.0 Å². The van der Waals surface area contributed by atoms with Gasteiger partial charge < -0.3 is 0 Å². The second-order valence-electron chi connectivity index (χ2n) is 4.69. The van der Waals surface area contributed by atoms with Crippen LogP contribution in [0.2, 0.25) is 10.0 Å². The Bertz CT molecular complexity index is 576. The second kappa shape index (κ2) is 5.93. The van der Waals surface area contributed by atoms with Crippen molar-refractivity contribution in [3.8, 4) is 0 Å². The van der Waals surface area contributed by atoms with Crippen LogP contribution in [0.25, 0.3) is 0 Å². The molecule has 3 N–H and O–H groups in total. The van der Waals surface area contributed by atoms with Gasteiger partial charge in [-0.3, -0.25) is 5.84 Å². The van der Waals surface area contributed by atoms with Crippen molar-refractivity contribution in [3.63, 3.8) is 0 Å². The predicted molar refractivity (Wildman–Crippen MR) is 81.5 cm³/mol. The van der Waals surface area contributed by atoms with E-state index >= 15 is 0 Å². The van der Waals surface area contributed by atoms with E-state index in [-0.39, 0.29) is 6.04 Å². The minimum Gasteiger partial charge on any atom is -0.271 e. The van der Waals surface area contributed by atoms with E-state index in [1.54, 1.807) is 6.07 Å². The molecule has 2 rings (SSSR count). The van der Waals surface area contributed by atoms with Crippen LogP contribution >= 0.6 is 23.2 Å². The Labute approximate surface area is 123 Å². The van der Waals surface area contributed by atoms with Crippen molar-refractivity contribution in [2.24, 2.45) is 5.84 Å². The molecule has 0 bridgehead atoms. The number of hydrazine groups is 1. The van der Waals surface area contributed by atoms with Gasteiger partial charge in [0.25, 0.3) is 0 Å². The number of nitrogens with two attached hydrogens (primary N) is 1. The molecule has 4 heteroatoms. The van der Waals surface area contributed by atoms with Crippen LogP contribution in [-0.2, 0) is 0 Å². The maximum atomic E-state index is 6.25. The summed E-state index contributed by atoms with van der Waals surface area (Å²) in [5.41, 5.74) is 7.21. The smallest absolute Gasteiger partial charge is 0.0724 e. The summed E-state index contributed by atoms with van der Waals surface area (Å²) in [6.45, 7) is 4.13. The summed E-state index contributed by atoms with van der Waals surface area (Å²) in [7, 11) is 0. The zero-order valence-corrected chi connectivity index (χ0v) is 12.4. The van der Waals surface area contributed by atoms with Crippen LogP contribution in [0.15, 0.2) is 36.4 Å². The molecule has 2 nitrogen and oxygen atoms in total. The number of hydrogen-bond donors (Lipinski definition) is 2. The first-order valence-corrected chi connectivity index (χ1v) is 6.76. The lowest BCUT2D eigenvalue weighted by atomic mass is 9.96. The Hall–Kier alpha value is -1.06. The summed E-state index contributed by atoms with van der Waals surface area (Å²) in [5.74, 6) is 5.70. The number of nitrogens with one attached hydrogen (secondary N) is 1. The summed E-state index contributed by atoms with van der Waals surface area (Å²) in [6.07, 6.45) is 0. The van der Waals surface area contributed by atoms with Gasteiger partial charge >= 0.3 is 0 Å². The van der Waals surface area contributed by atoms with Crippen molar-refractivity contribution in [2.75, 3.05) is 0 Å². The van der Waals surface area contributed by atoms with Crippen LogP contribution in [-0.4, -0.2) is 0 Å². The van der Waals surface area contributed by atoms with E-state index in [1.807, 2.05) is 12.1 Å². The lowest BCUT2D eigenvalue weighted by Gasteiger charge is -2.19. The Balaban J connectivity index is 2.49. The van der Waals surface area contributed by atoms with E-state index in [9.17, 15) is 0 Å². The topological polar surface area (TPSA) is 38.0 Å². The van der Waals surface area contributed by atoms with Crippen molar-refractivity contribution in [3.05, 3.63) is 68.7 Å². The van der Waals surface area contributed by atoms with Crippen LogP contribution in [0.5, 0.6) is 0 Å². The van der Waals surface area contributed by atoms with Gasteiger partial charge in [0.05, 0.1) is 6.04 Å². The van der Waals surface area contributed by atoms with Gasteiger partial charge in [0.15, 0.2) is 0 Å². The van der Waals surface area contributed by atoms with Gasteiger partial charge in [-0.1, -0.05) is 58.6 Å². The summed E-state index contributed by atoms with van der Waals surface area (Å²) in [4.78, 5) is 0. The van der Waals surface area contributed by atoms with Crippen molar-refractivity contribution < 1.29 is 0 Å². The molecular formula is C15H16Cl2N2. The van der Waals surface area contributed by atoms with Gasteiger partial charge in [-0.2, -0.15) is 0 Å². The van der Waals surface area contributed by atoms with Crippen LogP contribution < -0.4 is 11.3 Å². The van der Waals surface area contributed by atoms with E-state index in [4.69, 9.17) is 29.0 Å². The average molecular weight is 295 g/mol. The quantitative estimate of drug-likeness (QED) is 0.659. The van der Waals surface area contributed by atoms with Gasteiger partial charge in [-0.25, -0.2) is 5.43 Å². The Morgan fingerprint density at radius 3 is 2.16 bits per heavy atom. The summed E-state index contributed by atoms with van der Waals surface area (Å²) in [5, 5.41) is 1.22. The molecule has 0 aliphatic rings. The summed E-state index contributed by atoms with van der Waals surface area (Å²) in [6, 6.07) is 11.6. The molecular weight excluding hydrogens is 279 g/mol. The summed E-state index contributed by atoms with van der Waals surface area (Å²) >= 11 is 12.2. The Morgan fingerprint density at radius 1 is 1.00 bits per heavy atom. The molecule has 19 heavy (non-hydrogen) atoms. The first-order valence-electron chi connectivity index (χ1n) is 6.00. The molecule has 0 aliphatic carbocycles. The standard InChI is InChI=1S/C15H16Cl2N2/c1-9-5-10(2)7-11(6-9)15(19-18)13-4-3-12(16)8-14(13)17/h3-8,15,19H,18H2,1-2H3. The van der Waals surface area contributed by atoms with Crippen LogP contribution in [0.3, 0.4) is 0 Å². The third kappa shape index (κ3) is 3.28. The molecule has 1 atom stereocenters. The average Bonchev–Trinajstić information content (AvgIpc) is 2.31. The maximum absolute atomic E-state index is 6.25. The van der Waals surface area contributed by atoms with Gasteiger partial charge in [-0.05, 0) is 37.1 Å². The minimum atomic E-state index is -0.150. The maximum Gasteiger partial charge on any atom is 0.0724 e. The molecule has 0 fully saturated rings. The number of halogens is 2. The van der Waals surface area contributed by atoms with Crippen molar-refractivity contribution in [1.82, 2.24) is 5.43 Å². The van der Waals surface area contributed by atoms with Crippen LogP contribution in [0.4, 0.5) is 0 Å². The molecule has 2 aromatic rings. The minimum absolute atomic E-state index is 0.150. The first-order chi connectivity index (χ1) is 9.01. The fourth-order valence-electron chi connectivity index (χ4n) is 2.28. The largest absolute Gasteiger partial charge is 0.271 e. The molecule has 0 heterocycles. The zero-order valence-electron chi connectivity index (χ0n) is 10.9. The SMILES string of the molecule is Cc1cc(C)cc(C(NN)c2ccc(Cl)cc2Cl)c1. The fourth-order valence-corrected chi connectivity index (χ4v) is 2.80. The molecule has 2 aromatic carbocycles. The highest BCUT2D eigenvalue weighted by atomic mass is 35.5. The summed E-state index contributed by atoms with van der Waals surface area (Å²) < 4.78 is 0.